The molecule has 0 aliphatic carbocycles. The first kappa shape index (κ1) is 21.5. The number of carbonyl (C=O) groups excluding carboxylic acids is 1. The van der Waals surface area contributed by atoms with E-state index < -0.39 is 17.8 Å². The van der Waals surface area contributed by atoms with E-state index in [9.17, 15) is 23.1 Å². The molecule has 1 aromatic carbocycles. The summed E-state index contributed by atoms with van der Waals surface area (Å²) in [7, 11) is 0. The zero-order valence-corrected chi connectivity index (χ0v) is 16.4. The van der Waals surface area contributed by atoms with Gasteiger partial charge in [-0.2, -0.15) is 13.2 Å². The molecule has 2 aromatic rings. The monoisotopic (exact) mass is 429 g/mol. The molecule has 3 N–H and O–H groups in total. The Morgan fingerprint density at radius 2 is 2.07 bits per heavy atom. The first-order valence-corrected chi connectivity index (χ1v) is 10.0. The van der Waals surface area contributed by atoms with Gasteiger partial charge in [-0.05, 0) is 49.7 Å². The number of rotatable bonds is 7. The first-order chi connectivity index (χ1) is 13.7. The Balaban J connectivity index is 1.61. The Bertz CT molecular complexity index is 822. The third kappa shape index (κ3) is 5.91. The van der Waals surface area contributed by atoms with Crippen molar-refractivity contribution in [3.05, 3.63) is 35.5 Å². The smallest absolute Gasteiger partial charge is 0.416 e. The van der Waals surface area contributed by atoms with E-state index in [1.807, 2.05) is 4.90 Å². The number of aromatic nitrogens is 1. The van der Waals surface area contributed by atoms with Crippen LogP contribution in [0.2, 0.25) is 0 Å². The summed E-state index contributed by atoms with van der Waals surface area (Å²) in [5.74, 6) is -0.417. The van der Waals surface area contributed by atoms with E-state index in [1.54, 1.807) is 5.51 Å². The van der Waals surface area contributed by atoms with Crippen molar-refractivity contribution in [3.63, 3.8) is 0 Å². The van der Waals surface area contributed by atoms with Crippen LogP contribution in [0, 0.1) is 5.92 Å². The van der Waals surface area contributed by atoms with Crippen LogP contribution in [0.25, 0.3) is 10.4 Å². The highest BCUT2D eigenvalue weighted by Crippen LogP contribution is 2.36. The van der Waals surface area contributed by atoms with Gasteiger partial charge < -0.3 is 20.5 Å². The van der Waals surface area contributed by atoms with Crippen LogP contribution in [-0.2, 0) is 11.0 Å². The van der Waals surface area contributed by atoms with E-state index in [0.29, 0.717) is 42.9 Å². The fourth-order valence-corrected chi connectivity index (χ4v) is 3.90. The lowest BCUT2D eigenvalue weighted by Gasteiger charge is -2.31. The number of amides is 1. The van der Waals surface area contributed by atoms with E-state index >= 15 is 0 Å². The number of hydrogen-bond acceptors (Lipinski definition) is 6. The lowest BCUT2D eigenvalue weighted by Crippen LogP contribution is -2.43. The molecule has 1 atom stereocenters. The van der Waals surface area contributed by atoms with Crippen LogP contribution in [0.1, 0.15) is 18.4 Å². The van der Waals surface area contributed by atoms with Gasteiger partial charge in [-0.15, -0.1) is 11.3 Å². The van der Waals surface area contributed by atoms with Crippen LogP contribution in [0.15, 0.2) is 29.9 Å². The molecule has 1 fully saturated rings. The minimum atomic E-state index is -4.51. The second-order valence-corrected chi connectivity index (χ2v) is 7.94. The number of primary amides is 1. The van der Waals surface area contributed by atoms with Gasteiger partial charge in [0.05, 0.1) is 16.0 Å². The number of aliphatic hydroxyl groups excluding tert-OH is 1. The number of thiazole rings is 1. The van der Waals surface area contributed by atoms with Gasteiger partial charge in [0.25, 0.3) is 0 Å². The molecule has 1 aliphatic heterocycles. The predicted molar refractivity (Wildman–Crippen MR) is 102 cm³/mol. The summed E-state index contributed by atoms with van der Waals surface area (Å²) in [6.07, 6.45) is -2.62. The van der Waals surface area contributed by atoms with Gasteiger partial charge in [0.15, 0.2) is 0 Å². The molecule has 158 valence electrons. The molecule has 0 bridgehead atoms. The van der Waals surface area contributed by atoms with Crippen LogP contribution in [0.4, 0.5) is 13.2 Å². The highest BCUT2D eigenvalue weighted by molar-refractivity contribution is 7.13. The quantitative estimate of drug-likeness (QED) is 0.707. The SMILES string of the molecule is NC(=O)C1CCN(CC(O)COc2cc(-c3cncs3)cc(C(F)(F)F)c2)CC1. The Labute approximate surface area is 170 Å². The second-order valence-electron chi connectivity index (χ2n) is 7.05. The fourth-order valence-electron chi connectivity index (χ4n) is 3.29. The minimum Gasteiger partial charge on any atom is -0.491 e. The lowest BCUT2D eigenvalue weighted by atomic mass is 9.96. The third-order valence-electron chi connectivity index (χ3n) is 4.85. The van der Waals surface area contributed by atoms with E-state index in [2.05, 4.69) is 4.98 Å². The minimum absolute atomic E-state index is 0.0368. The van der Waals surface area contributed by atoms with Gasteiger partial charge in [0.1, 0.15) is 18.5 Å². The number of likely N-dealkylation sites (tertiary alicyclic amines) is 1. The highest BCUT2D eigenvalue weighted by atomic mass is 32.1. The summed E-state index contributed by atoms with van der Waals surface area (Å²) in [4.78, 5) is 17.7. The molecule has 0 saturated carbocycles. The van der Waals surface area contributed by atoms with Gasteiger partial charge in [0.2, 0.25) is 5.91 Å². The van der Waals surface area contributed by atoms with Crippen molar-refractivity contribution in [2.75, 3.05) is 26.2 Å². The fraction of sp³-hybridized carbons (Fsp3) is 0.474. The number of hydrogen-bond donors (Lipinski definition) is 2. The Hall–Kier alpha value is -2.17. The molecule has 1 aliphatic rings. The molecule has 1 amide bonds. The second kappa shape index (κ2) is 9.10. The number of piperidine rings is 1. The molecule has 3 rings (SSSR count). The summed E-state index contributed by atoms with van der Waals surface area (Å²) in [5, 5.41) is 10.2. The molecule has 6 nitrogen and oxygen atoms in total. The van der Waals surface area contributed by atoms with Gasteiger partial charge in [-0.1, -0.05) is 0 Å². The number of nitrogens with two attached hydrogens (primary N) is 1. The molecular weight excluding hydrogens is 407 g/mol. The summed E-state index contributed by atoms with van der Waals surface area (Å²) < 4.78 is 45.2. The average molecular weight is 429 g/mol. The van der Waals surface area contributed by atoms with Crippen LogP contribution < -0.4 is 10.5 Å². The number of β-amino-alcohol motifs (C(OH)–C–C–N with tert-alkyl or cyclic N) is 1. The van der Waals surface area contributed by atoms with Crippen molar-refractivity contribution < 1.29 is 27.8 Å². The zero-order chi connectivity index (χ0) is 21.0. The molecule has 29 heavy (non-hydrogen) atoms. The van der Waals surface area contributed by atoms with Gasteiger partial charge in [0, 0.05) is 18.7 Å². The molecule has 0 spiro atoms. The third-order valence-corrected chi connectivity index (χ3v) is 5.67. The van der Waals surface area contributed by atoms with Crippen LogP contribution in [0.5, 0.6) is 5.75 Å². The van der Waals surface area contributed by atoms with Gasteiger partial charge in [-0.3, -0.25) is 9.78 Å². The number of ether oxygens (including phenoxy) is 1. The number of alkyl halides is 3. The van der Waals surface area contributed by atoms with Crippen LogP contribution in [-0.4, -0.2) is 53.2 Å². The maximum Gasteiger partial charge on any atom is 0.416 e. The Morgan fingerprint density at radius 3 is 2.66 bits per heavy atom. The van der Waals surface area contributed by atoms with E-state index in [0.717, 1.165) is 12.1 Å². The summed E-state index contributed by atoms with van der Waals surface area (Å²) >= 11 is 1.23. The van der Waals surface area contributed by atoms with Crippen LogP contribution in [0.3, 0.4) is 0 Å². The molecule has 1 aromatic heterocycles. The predicted octanol–water partition coefficient (Wildman–Crippen LogP) is 2.77. The molecule has 1 unspecified atom stereocenters. The largest absolute Gasteiger partial charge is 0.491 e. The van der Waals surface area contributed by atoms with Crippen LogP contribution >= 0.6 is 11.3 Å². The Kier molecular flexibility index (Phi) is 6.76. The van der Waals surface area contributed by atoms with E-state index in [4.69, 9.17) is 10.5 Å². The van der Waals surface area contributed by atoms with Crippen molar-refractivity contribution in [2.45, 2.75) is 25.1 Å². The van der Waals surface area contributed by atoms with Crippen molar-refractivity contribution in [2.24, 2.45) is 11.7 Å². The number of aliphatic hydroxyl groups is 1. The molecular formula is C19H22F3N3O3S. The maximum absolute atomic E-state index is 13.2. The lowest BCUT2D eigenvalue weighted by molar-refractivity contribution is -0.137. The Morgan fingerprint density at radius 1 is 1.34 bits per heavy atom. The van der Waals surface area contributed by atoms with E-state index in [1.165, 1.54) is 23.6 Å². The normalized spacial score (nSPS) is 17.2. The molecule has 0 radical (unpaired) electrons. The number of halogens is 3. The molecule has 1 saturated heterocycles. The van der Waals surface area contributed by atoms with E-state index in [-0.39, 0.29) is 24.2 Å². The summed E-state index contributed by atoms with van der Waals surface area (Å²) in [6.45, 7) is 1.43. The standard InChI is InChI=1S/C19H22F3N3O3S/c20-19(21,22)14-5-13(17-8-24-11-29-17)6-16(7-14)28-10-15(26)9-25-3-1-12(2-4-25)18(23)27/h5-8,11-12,15,26H,1-4,9-10H2,(H2,23,27). The average Bonchev–Trinajstić information content (AvgIpc) is 3.21. The number of benzene rings is 1. The molecule has 10 heteroatoms. The van der Waals surface area contributed by atoms with Gasteiger partial charge >= 0.3 is 6.18 Å². The number of nitrogens with zero attached hydrogens (tertiary/aromatic N) is 2. The van der Waals surface area contributed by atoms with Crippen molar-refractivity contribution in [1.82, 2.24) is 9.88 Å². The maximum atomic E-state index is 13.2. The summed E-state index contributed by atoms with van der Waals surface area (Å²) in [6, 6.07) is 3.49. The zero-order valence-electron chi connectivity index (χ0n) is 15.6. The number of carbonyl (C=O) groups is 1. The van der Waals surface area contributed by atoms with Crippen molar-refractivity contribution in [1.29, 1.82) is 0 Å². The first-order valence-electron chi connectivity index (χ1n) is 9.16. The van der Waals surface area contributed by atoms with Gasteiger partial charge in [-0.25, -0.2) is 0 Å². The molecule has 2 heterocycles. The van der Waals surface area contributed by atoms with Crippen molar-refractivity contribution >= 4 is 17.2 Å². The van der Waals surface area contributed by atoms with Crippen molar-refractivity contribution in [3.8, 4) is 16.2 Å². The highest BCUT2D eigenvalue weighted by Gasteiger charge is 2.32. The summed E-state index contributed by atoms with van der Waals surface area (Å²) in [5.41, 5.74) is 6.39. The topological polar surface area (TPSA) is 88.7 Å².